The monoisotopic (exact) mass is 500 g/mol. The lowest BCUT2D eigenvalue weighted by Crippen LogP contribution is -2.50. The molecule has 5 heteroatoms. The Bertz CT molecular complexity index is 1230. The number of hydrogen-bond acceptors (Lipinski definition) is 5. The van der Waals surface area contributed by atoms with Crippen LogP contribution in [0.3, 0.4) is 0 Å². The maximum atomic E-state index is 13.4. The van der Waals surface area contributed by atoms with Gasteiger partial charge in [0.25, 0.3) is 0 Å². The average Bonchev–Trinajstić information content (AvgIpc) is 3.41. The van der Waals surface area contributed by atoms with Gasteiger partial charge in [-0.15, -0.1) is 0 Å². The molecule has 6 atom stereocenters. The minimum Gasteiger partial charge on any atom is -0.427 e. The van der Waals surface area contributed by atoms with Gasteiger partial charge < -0.3 is 14.6 Å². The first-order valence-electron chi connectivity index (χ1n) is 13.9. The molecule has 1 aromatic rings. The highest BCUT2D eigenvalue weighted by Crippen LogP contribution is 2.68. The molecule has 1 spiro atoms. The number of carbonyl (C=O) groups excluding carboxylic acids is 2. The Hall–Kier alpha value is -2.92. The summed E-state index contributed by atoms with van der Waals surface area (Å²) in [5, 5.41) is 9.45. The summed E-state index contributed by atoms with van der Waals surface area (Å²) >= 11 is 0. The van der Waals surface area contributed by atoms with Crippen molar-refractivity contribution < 1.29 is 24.2 Å². The van der Waals surface area contributed by atoms with Gasteiger partial charge in [-0.2, -0.15) is 0 Å². The van der Waals surface area contributed by atoms with Gasteiger partial charge in [-0.05, 0) is 86.3 Å². The van der Waals surface area contributed by atoms with Crippen LogP contribution in [0.1, 0.15) is 57.9 Å². The van der Waals surface area contributed by atoms with E-state index in [2.05, 4.69) is 43.3 Å². The van der Waals surface area contributed by atoms with E-state index in [1.807, 2.05) is 19.1 Å². The molecule has 2 heterocycles. The van der Waals surface area contributed by atoms with Crippen molar-refractivity contribution in [1.82, 2.24) is 0 Å². The number of rotatable bonds is 7. The first-order valence-corrected chi connectivity index (χ1v) is 13.9. The number of hydrogen-bond donors (Lipinski definition) is 1. The molecule has 37 heavy (non-hydrogen) atoms. The normalized spacial score (nSPS) is 33.6. The van der Waals surface area contributed by atoms with Crippen LogP contribution in [0.5, 0.6) is 0 Å². The van der Waals surface area contributed by atoms with Crippen molar-refractivity contribution in [3.8, 4) is 0 Å². The average molecular weight is 501 g/mol. The summed E-state index contributed by atoms with van der Waals surface area (Å²) in [6.45, 7) is 4.26. The van der Waals surface area contributed by atoms with Crippen LogP contribution < -0.4 is 0 Å². The SMILES string of the molecule is CCC(C=C1OC(=O)C2=CC3CCC12C1C2=C(CCC31)C(=CCC(C)CO)OC2=O)Cc1ccccc1. The van der Waals surface area contributed by atoms with E-state index in [9.17, 15) is 14.7 Å². The summed E-state index contributed by atoms with van der Waals surface area (Å²) in [5.74, 6) is 1.78. The molecule has 1 aromatic carbocycles. The van der Waals surface area contributed by atoms with Gasteiger partial charge in [-0.1, -0.05) is 50.3 Å². The Kier molecular flexibility index (Phi) is 6.22. The highest BCUT2D eigenvalue weighted by Gasteiger charge is 2.66. The van der Waals surface area contributed by atoms with Gasteiger partial charge >= 0.3 is 11.9 Å². The minimum absolute atomic E-state index is 0.0874. The van der Waals surface area contributed by atoms with Crippen molar-refractivity contribution in [2.45, 2.75) is 58.8 Å². The maximum absolute atomic E-state index is 13.4. The van der Waals surface area contributed by atoms with Crippen molar-refractivity contribution in [3.05, 3.63) is 82.4 Å². The van der Waals surface area contributed by atoms with Crippen LogP contribution in [0.15, 0.2) is 76.8 Å². The summed E-state index contributed by atoms with van der Waals surface area (Å²) in [4.78, 5) is 26.7. The molecule has 5 nitrogen and oxygen atoms in total. The lowest BCUT2D eigenvalue weighted by atomic mass is 9.46. The van der Waals surface area contributed by atoms with Crippen molar-refractivity contribution in [1.29, 1.82) is 0 Å². The Morgan fingerprint density at radius 3 is 2.70 bits per heavy atom. The number of cyclic esters (lactones) is 2. The van der Waals surface area contributed by atoms with E-state index in [1.165, 1.54) is 5.56 Å². The van der Waals surface area contributed by atoms with Crippen LogP contribution in [0.4, 0.5) is 0 Å². The second-order valence-electron chi connectivity index (χ2n) is 11.6. The minimum atomic E-state index is -0.575. The van der Waals surface area contributed by atoms with Gasteiger partial charge in [0.2, 0.25) is 0 Å². The molecule has 1 saturated carbocycles. The fourth-order valence-corrected chi connectivity index (χ4v) is 7.53. The fourth-order valence-electron chi connectivity index (χ4n) is 7.53. The Morgan fingerprint density at radius 1 is 1.14 bits per heavy atom. The summed E-state index contributed by atoms with van der Waals surface area (Å²) < 4.78 is 11.9. The van der Waals surface area contributed by atoms with Gasteiger partial charge in [0.05, 0.1) is 5.41 Å². The van der Waals surface area contributed by atoms with Crippen LogP contribution in [-0.4, -0.2) is 23.7 Å². The van der Waals surface area contributed by atoms with Crippen molar-refractivity contribution in [2.24, 2.45) is 35.0 Å². The summed E-state index contributed by atoms with van der Waals surface area (Å²) in [5.41, 5.74) is 3.23. The molecule has 0 radical (unpaired) electrons. The lowest BCUT2D eigenvalue weighted by Gasteiger charge is -2.54. The highest BCUT2D eigenvalue weighted by atomic mass is 16.5. The van der Waals surface area contributed by atoms with Crippen LogP contribution in [0.25, 0.3) is 0 Å². The third-order valence-electron chi connectivity index (χ3n) is 9.46. The smallest absolute Gasteiger partial charge is 0.340 e. The first kappa shape index (κ1) is 24.4. The predicted octanol–water partition coefficient (Wildman–Crippen LogP) is 5.81. The van der Waals surface area contributed by atoms with Crippen molar-refractivity contribution in [2.75, 3.05) is 6.61 Å². The standard InChI is InChI=1S/C32H36O5/c1-3-20(15-21-7-5-4-6-8-21)16-27-32-14-13-22(17-25(32)30(34)37-27)23-10-11-24-26(12-9-19(2)18-33)36-31(35)28(24)29(23)32/h4-8,12,16-17,19-20,22-23,29,33H,3,9-11,13-15,18H2,1-2H3. The number of aliphatic hydroxyl groups is 1. The highest BCUT2D eigenvalue weighted by molar-refractivity contribution is 5.99. The molecule has 6 unspecified atom stereocenters. The van der Waals surface area contributed by atoms with E-state index in [0.29, 0.717) is 24.0 Å². The van der Waals surface area contributed by atoms with E-state index >= 15 is 0 Å². The van der Waals surface area contributed by atoms with Gasteiger partial charge in [0, 0.05) is 29.2 Å². The third-order valence-corrected chi connectivity index (χ3v) is 9.46. The second kappa shape index (κ2) is 9.43. The zero-order valence-corrected chi connectivity index (χ0v) is 21.7. The van der Waals surface area contributed by atoms with Gasteiger partial charge in [0.15, 0.2) is 0 Å². The third kappa shape index (κ3) is 3.85. The van der Waals surface area contributed by atoms with Crippen LogP contribution >= 0.6 is 0 Å². The lowest BCUT2D eigenvalue weighted by molar-refractivity contribution is -0.135. The number of carbonyl (C=O) groups is 2. The molecule has 0 aromatic heterocycles. The molecule has 194 valence electrons. The number of benzene rings is 1. The molecule has 1 N–H and O–H groups in total. The van der Waals surface area contributed by atoms with Crippen LogP contribution in [-0.2, 0) is 25.5 Å². The maximum Gasteiger partial charge on any atom is 0.340 e. The zero-order valence-electron chi connectivity index (χ0n) is 21.7. The van der Waals surface area contributed by atoms with Gasteiger partial charge in [0.1, 0.15) is 11.5 Å². The second-order valence-corrected chi connectivity index (χ2v) is 11.6. The molecule has 2 fully saturated rings. The molecular weight excluding hydrogens is 464 g/mol. The molecular formula is C32H36O5. The quantitative estimate of drug-likeness (QED) is 0.478. The van der Waals surface area contributed by atoms with Crippen molar-refractivity contribution in [3.63, 3.8) is 0 Å². The molecule has 2 aliphatic heterocycles. The van der Waals surface area contributed by atoms with Gasteiger partial charge in [-0.25, -0.2) is 9.59 Å². The molecule has 0 amide bonds. The van der Waals surface area contributed by atoms with E-state index < -0.39 is 5.41 Å². The summed E-state index contributed by atoms with van der Waals surface area (Å²) in [7, 11) is 0. The number of esters is 2. The summed E-state index contributed by atoms with van der Waals surface area (Å²) in [6.07, 6.45) is 12.5. The number of allylic oxidation sites excluding steroid dienone is 5. The van der Waals surface area contributed by atoms with E-state index in [0.717, 1.165) is 61.0 Å². The topological polar surface area (TPSA) is 72.8 Å². The number of fused-ring (bicyclic) bond motifs is 1. The van der Waals surface area contributed by atoms with Crippen LogP contribution in [0.2, 0.25) is 0 Å². The van der Waals surface area contributed by atoms with Crippen LogP contribution in [0, 0.1) is 35.0 Å². The number of aliphatic hydroxyl groups excluding tert-OH is 1. The predicted molar refractivity (Wildman–Crippen MR) is 140 cm³/mol. The van der Waals surface area contributed by atoms with E-state index in [-0.39, 0.29) is 36.3 Å². The zero-order chi connectivity index (χ0) is 25.7. The summed E-state index contributed by atoms with van der Waals surface area (Å²) in [6, 6.07) is 10.4. The Balaban J connectivity index is 1.42. The molecule has 2 bridgehead atoms. The first-order chi connectivity index (χ1) is 18.0. The molecule has 7 rings (SSSR count). The molecule has 6 aliphatic rings. The van der Waals surface area contributed by atoms with E-state index in [4.69, 9.17) is 9.47 Å². The fraction of sp³-hybridized carbons (Fsp3) is 0.500. The van der Waals surface area contributed by atoms with E-state index in [1.54, 1.807) is 0 Å². The Morgan fingerprint density at radius 2 is 1.95 bits per heavy atom. The van der Waals surface area contributed by atoms with Gasteiger partial charge in [-0.3, -0.25) is 0 Å². The number of ether oxygens (including phenoxy) is 2. The molecule has 4 aliphatic carbocycles. The Labute approximate surface area is 218 Å². The largest absolute Gasteiger partial charge is 0.427 e. The molecule has 1 saturated heterocycles. The van der Waals surface area contributed by atoms with Crippen molar-refractivity contribution >= 4 is 11.9 Å².